The SMILES string of the molecule is CCCCCCNc1ccc(S(=O)(=O)Nc2cccc(NC(=O)N[C@H](CCC3CCCCC3)C(=O)NCC(CC)CCCC)c2)cn1. The summed E-state index contributed by atoms with van der Waals surface area (Å²) in [7, 11) is -3.90. The van der Waals surface area contributed by atoms with E-state index in [0.717, 1.165) is 51.5 Å². The third-order valence-electron chi connectivity index (χ3n) is 9.07. The number of anilines is 3. The number of urea groups is 1. The van der Waals surface area contributed by atoms with E-state index in [9.17, 15) is 18.0 Å². The van der Waals surface area contributed by atoms with Crippen LogP contribution in [0.1, 0.15) is 117 Å². The first-order valence-corrected chi connectivity index (χ1v) is 19.4. The molecule has 262 valence electrons. The molecule has 1 fully saturated rings. The van der Waals surface area contributed by atoms with Crippen LogP contribution < -0.4 is 26.0 Å². The molecular formula is C36H58N6O4S. The normalized spacial score (nSPS) is 15.0. The first-order chi connectivity index (χ1) is 22.7. The lowest BCUT2D eigenvalue weighted by Gasteiger charge is -2.25. The zero-order valence-electron chi connectivity index (χ0n) is 28.8. The first-order valence-electron chi connectivity index (χ1n) is 17.9. The van der Waals surface area contributed by atoms with Gasteiger partial charge in [-0.3, -0.25) is 9.52 Å². The molecule has 1 aromatic carbocycles. The number of hydrogen-bond acceptors (Lipinski definition) is 6. The number of pyridine rings is 1. The van der Waals surface area contributed by atoms with Crippen molar-refractivity contribution in [3.63, 3.8) is 0 Å². The van der Waals surface area contributed by atoms with Gasteiger partial charge in [0.2, 0.25) is 5.91 Å². The summed E-state index contributed by atoms with van der Waals surface area (Å²) < 4.78 is 28.7. The zero-order valence-corrected chi connectivity index (χ0v) is 29.6. The fraction of sp³-hybridized carbons (Fsp3) is 0.639. The van der Waals surface area contributed by atoms with Crippen LogP contribution in [0.15, 0.2) is 47.5 Å². The fourth-order valence-electron chi connectivity index (χ4n) is 6.07. The van der Waals surface area contributed by atoms with Gasteiger partial charge in [-0.2, -0.15) is 0 Å². The van der Waals surface area contributed by atoms with Gasteiger partial charge in [0.05, 0.1) is 5.69 Å². The van der Waals surface area contributed by atoms with Gasteiger partial charge in [-0.15, -0.1) is 0 Å². The van der Waals surface area contributed by atoms with Crippen LogP contribution in [0, 0.1) is 11.8 Å². The maximum atomic E-state index is 13.3. The fourth-order valence-corrected chi connectivity index (χ4v) is 7.06. The van der Waals surface area contributed by atoms with Crippen LogP contribution in [0.3, 0.4) is 0 Å². The Hall–Kier alpha value is -3.34. The molecule has 11 heteroatoms. The van der Waals surface area contributed by atoms with Gasteiger partial charge in [0.1, 0.15) is 16.8 Å². The van der Waals surface area contributed by atoms with Crippen molar-refractivity contribution < 1.29 is 18.0 Å². The molecule has 0 spiro atoms. The van der Waals surface area contributed by atoms with Crippen molar-refractivity contribution in [2.45, 2.75) is 128 Å². The lowest BCUT2D eigenvalue weighted by atomic mass is 9.85. The van der Waals surface area contributed by atoms with Gasteiger partial charge in [-0.25, -0.2) is 18.2 Å². The van der Waals surface area contributed by atoms with E-state index in [-0.39, 0.29) is 10.8 Å². The molecule has 0 saturated heterocycles. The molecule has 2 atom stereocenters. The Morgan fingerprint density at radius 2 is 1.68 bits per heavy atom. The van der Waals surface area contributed by atoms with E-state index in [1.165, 1.54) is 57.2 Å². The Labute approximate surface area is 283 Å². The van der Waals surface area contributed by atoms with E-state index in [2.05, 4.69) is 51.7 Å². The van der Waals surface area contributed by atoms with Gasteiger partial charge in [0.25, 0.3) is 10.0 Å². The van der Waals surface area contributed by atoms with Gasteiger partial charge in [-0.05, 0) is 67.9 Å². The number of unbranched alkanes of at least 4 members (excludes halogenated alkanes) is 4. The molecule has 2 aromatic rings. The van der Waals surface area contributed by atoms with E-state index in [4.69, 9.17) is 0 Å². The van der Waals surface area contributed by atoms with Crippen molar-refractivity contribution in [2.24, 2.45) is 11.8 Å². The second-order valence-corrected chi connectivity index (χ2v) is 14.6. The van der Waals surface area contributed by atoms with Gasteiger partial charge in [0.15, 0.2) is 0 Å². The maximum Gasteiger partial charge on any atom is 0.319 e. The molecule has 1 heterocycles. The minimum atomic E-state index is -3.90. The quantitative estimate of drug-likeness (QED) is 0.0851. The van der Waals surface area contributed by atoms with Crippen molar-refractivity contribution in [3.05, 3.63) is 42.6 Å². The summed E-state index contributed by atoms with van der Waals surface area (Å²) in [5, 5.41) is 12.0. The van der Waals surface area contributed by atoms with Gasteiger partial charge >= 0.3 is 6.03 Å². The summed E-state index contributed by atoms with van der Waals surface area (Å²) in [5.74, 6) is 1.48. The third-order valence-corrected chi connectivity index (χ3v) is 10.4. The highest BCUT2D eigenvalue weighted by atomic mass is 32.2. The number of benzene rings is 1. The molecule has 1 unspecified atom stereocenters. The molecule has 1 aliphatic rings. The minimum absolute atomic E-state index is 0.0389. The summed E-state index contributed by atoms with van der Waals surface area (Å²) in [6.07, 6.45) is 17.7. The molecular weight excluding hydrogens is 613 g/mol. The topological polar surface area (TPSA) is 141 Å². The Bertz CT molecular complexity index is 1320. The van der Waals surface area contributed by atoms with E-state index in [1.807, 2.05) is 0 Å². The Morgan fingerprint density at radius 3 is 2.38 bits per heavy atom. The smallest absolute Gasteiger partial charge is 0.319 e. The average molecular weight is 671 g/mol. The molecule has 1 aliphatic carbocycles. The molecule has 0 bridgehead atoms. The number of amides is 3. The number of sulfonamides is 1. The van der Waals surface area contributed by atoms with Crippen LogP contribution in [-0.2, 0) is 14.8 Å². The lowest BCUT2D eigenvalue weighted by molar-refractivity contribution is -0.123. The molecule has 10 nitrogen and oxygen atoms in total. The van der Waals surface area contributed by atoms with E-state index in [1.54, 1.807) is 30.3 Å². The largest absolute Gasteiger partial charge is 0.370 e. The zero-order chi connectivity index (χ0) is 33.9. The van der Waals surface area contributed by atoms with Crippen molar-refractivity contribution in [1.82, 2.24) is 15.6 Å². The van der Waals surface area contributed by atoms with Crippen LogP contribution >= 0.6 is 0 Å². The molecule has 5 N–H and O–H groups in total. The number of carbonyl (C=O) groups excluding carboxylic acids is 2. The minimum Gasteiger partial charge on any atom is -0.370 e. The van der Waals surface area contributed by atoms with Crippen molar-refractivity contribution >= 4 is 39.2 Å². The Morgan fingerprint density at radius 1 is 0.915 bits per heavy atom. The lowest BCUT2D eigenvalue weighted by Crippen LogP contribution is -2.49. The summed E-state index contributed by atoms with van der Waals surface area (Å²) in [6.45, 7) is 7.88. The predicted molar refractivity (Wildman–Crippen MR) is 192 cm³/mol. The van der Waals surface area contributed by atoms with E-state index >= 15 is 0 Å². The summed E-state index contributed by atoms with van der Waals surface area (Å²) in [5.41, 5.74) is 0.700. The second kappa shape index (κ2) is 20.8. The van der Waals surface area contributed by atoms with Crippen LogP contribution in [0.25, 0.3) is 0 Å². The number of carbonyl (C=O) groups is 2. The molecule has 1 saturated carbocycles. The van der Waals surface area contributed by atoms with Crippen LogP contribution in [0.2, 0.25) is 0 Å². The Balaban J connectivity index is 1.58. The molecule has 0 aliphatic heterocycles. The summed E-state index contributed by atoms with van der Waals surface area (Å²) >= 11 is 0. The van der Waals surface area contributed by atoms with Gasteiger partial charge in [-0.1, -0.05) is 97.5 Å². The second-order valence-electron chi connectivity index (χ2n) is 12.9. The highest BCUT2D eigenvalue weighted by molar-refractivity contribution is 7.92. The van der Waals surface area contributed by atoms with Crippen molar-refractivity contribution in [1.29, 1.82) is 0 Å². The number of aromatic nitrogens is 1. The molecule has 47 heavy (non-hydrogen) atoms. The number of hydrogen-bond donors (Lipinski definition) is 5. The highest BCUT2D eigenvalue weighted by Crippen LogP contribution is 2.28. The molecule has 3 rings (SSSR count). The molecule has 0 radical (unpaired) electrons. The molecule has 3 amide bonds. The first kappa shape index (κ1) is 38.1. The number of nitrogens with zero attached hydrogens (tertiary/aromatic N) is 1. The highest BCUT2D eigenvalue weighted by Gasteiger charge is 2.24. The average Bonchev–Trinajstić information content (AvgIpc) is 3.07. The van der Waals surface area contributed by atoms with Crippen molar-refractivity contribution in [3.8, 4) is 0 Å². The standard InChI is InChI=1S/C36H58N6O4S/c1-4-7-9-13-24-37-34-23-21-32(27-38-34)47(45,46)42-31-19-14-18-30(25-31)40-36(44)41-33(22-20-29-16-11-10-12-17-29)35(43)39-26-28(6-3)15-8-5-2/h14,18-19,21,23,25,27-29,33,42H,4-13,15-17,20,22,24,26H2,1-3H3,(H,37,38)(H,39,43)(H2,40,41,44)/t28?,33-/m1/s1. The van der Waals surface area contributed by atoms with Gasteiger partial charge in [0, 0.05) is 25.0 Å². The van der Waals surface area contributed by atoms with Crippen molar-refractivity contribution in [2.75, 3.05) is 28.4 Å². The van der Waals surface area contributed by atoms with Crippen LogP contribution in [0.4, 0.5) is 22.0 Å². The van der Waals surface area contributed by atoms with Crippen LogP contribution in [-0.4, -0.2) is 44.5 Å². The van der Waals surface area contributed by atoms with Crippen LogP contribution in [0.5, 0.6) is 0 Å². The predicted octanol–water partition coefficient (Wildman–Crippen LogP) is 8.06. The van der Waals surface area contributed by atoms with E-state index in [0.29, 0.717) is 42.0 Å². The third kappa shape index (κ3) is 14.1. The Kier molecular flexibility index (Phi) is 16.9. The van der Waals surface area contributed by atoms with Gasteiger partial charge < -0.3 is 21.3 Å². The summed E-state index contributed by atoms with van der Waals surface area (Å²) in [6, 6.07) is 8.52. The van der Waals surface area contributed by atoms with E-state index < -0.39 is 22.1 Å². The maximum absolute atomic E-state index is 13.3. The number of rotatable bonds is 21. The monoisotopic (exact) mass is 670 g/mol. The summed E-state index contributed by atoms with van der Waals surface area (Å²) in [4.78, 5) is 30.7. The number of nitrogens with one attached hydrogen (secondary N) is 5. The molecule has 1 aromatic heterocycles.